The predicted molar refractivity (Wildman–Crippen MR) is 62.7 cm³/mol. The molecule has 2 rings (SSSR count). The Morgan fingerprint density at radius 2 is 2.11 bits per heavy atom. The summed E-state index contributed by atoms with van der Waals surface area (Å²) in [6, 6.07) is 4.76. The molecule has 0 bridgehead atoms. The Hall–Kier alpha value is -2.11. The molecule has 1 aromatic carbocycles. The van der Waals surface area contributed by atoms with Gasteiger partial charge in [0.1, 0.15) is 0 Å². The Morgan fingerprint density at radius 1 is 1.37 bits per heavy atom. The van der Waals surface area contributed by atoms with Gasteiger partial charge in [0.2, 0.25) is 5.78 Å². The average Bonchev–Trinajstić information content (AvgIpc) is 2.75. The lowest BCUT2D eigenvalue weighted by Gasteiger charge is -2.08. The van der Waals surface area contributed by atoms with E-state index in [0.717, 1.165) is 12.1 Å². The number of benzene rings is 1. The number of nitrogens with zero attached hydrogens (tertiary/aromatic N) is 2. The van der Waals surface area contributed by atoms with Crippen molar-refractivity contribution in [3.63, 3.8) is 0 Å². The van der Waals surface area contributed by atoms with Crippen LogP contribution in [0.5, 0.6) is 0 Å². The van der Waals surface area contributed by atoms with Crippen LogP contribution in [0.3, 0.4) is 0 Å². The molecule has 0 aliphatic rings. The van der Waals surface area contributed by atoms with Crippen LogP contribution in [-0.4, -0.2) is 15.3 Å². The van der Waals surface area contributed by atoms with Crippen molar-refractivity contribution in [3.8, 4) is 0 Å². The van der Waals surface area contributed by atoms with Gasteiger partial charge in [0.15, 0.2) is 5.82 Å². The van der Waals surface area contributed by atoms with Crippen molar-refractivity contribution in [2.24, 2.45) is 7.05 Å². The molecule has 1 heterocycles. The summed E-state index contributed by atoms with van der Waals surface area (Å²) in [5.41, 5.74) is -0.430. The quantitative estimate of drug-likeness (QED) is 0.802. The van der Waals surface area contributed by atoms with E-state index >= 15 is 0 Å². The fraction of sp³-hybridized carbons (Fsp3) is 0.231. The van der Waals surface area contributed by atoms with E-state index in [1.54, 1.807) is 13.2 Å². The molecule has 0 saturated carbocycles. The minimum atomic E-state index is -4.40. The highest BCUT2D eigenvalue weighted by atomic mass is 19.4. The summed E-state index contributed by atoms with van der Waals surface area (Å²) in [6.07, 6.45) is -1.42. The SMILES string of the molecule is Cn1ccnc1C(=O)Cc1cccc(C(F)(F)F)c1. The monoisotopic (exact) mass is 268 g/mol. The van der Waals surface area contributed by atoms with Gasteiger partial charge >= 0.3 is 6.18 Å². The summed E-state index contributed by atoms with van der Waals surface area (Å²) >= 11 is 0. The van der Waals surface area contributed by atoms with E-state index in [-0.39, 0.29) is 18.0 Å². The van der Waals surface area contributed by atoms with Crippen LogP contribution in [0.15, 0.2) is 36.7 Å². The van der Waals surface area contributed by atoms with Crippen molar-refractivity contribution >= 4 is 5.78 Å². The van der Waals surface area contributed by atoms with Crippen LogP contribution < -0.4 is 0 Å². The van der Waals surface area contributed by atoms with Gasteiger partial charge in [-0.25, -0.2) is 4.98 Å². The first-order chi connectivity index (χ1) is 8.88. The molecular weight excluding hydrogens is 257 g/mol. The van der Waals surface area contributed by atoms with Crippen molar-refractivity contribution in [1.82, 2.24) is 9.55 Å². The van der Waals surface area contributed by atoms with Crippen molar-refractivity contribution in [2.75, 3.05) is 0 Å². The Morgan fingerprint density at radius 3 is 2.68 bits per heavy atom. The molecule has 0 unspecified atom stereocenters. The summed E-state index contributed by atoms with van der Waals surface area (Å²) in [5.74, 6) is -0.0794. The average molecular weight is 268 g/mol. The second-order valence-electron chi connectivity index (χ2n) is 4.16. The zero-order valence-corrected chi connectivity index (χ0v) is 10.1. The van der Waals surface area contributed by atoms with E-state index in [9.17, 15) is 18.0 Å². The summed E-state index contributed by atoms with van der Waals surface area (Å²) in [7, 11) is 1.66. The number of carbonyl (C=O) groups excluding carboxylic acids is 1. The molecule has 100 valence electrons. The van der Waals surface area contributed by atoms with E-state index in [0.29, 0.717) is 5.56 Å². The molecule has 2 aromatic rings. The van der Waals surface area contributed by atoms with Gasteiger partial charge in [0.05, 0.1) is 5.56 Å². The number of carbonyl (C=O) groups is 1. The third-order valence-corrected chi connectivity index (χ3v) is 2.69. The third-order valence-electron chi connectivity index (χ3n) is 2.69. The molecule has 0 aliphatic heterocycles. The summed E-state index contributed by atoms with van der Waals surface area (Å²) < 4.78 is 39.2. The zero-order valence-electron chi connectivity index (χ0n) is 10.1. The number of ketones is 1. The number of hydrogen-bond acceptors (Lipinski definition) is 2. The maximum absolute atomic E-state index is 12.5. The molecule has 0 fully saturated rings. The lowest BCUT2D eigenvalue weighted by molar-refractivity contribution is -0.137. The molecule has 0 spiro atoms. The van der Waals surface area contributed by atoms with Crippen LogP contribution in [0.4, 0.5) is 13.2 Å². The van der Waals surface area contributed by atoms with Crippen LogP contribution in [0.25, 0.3) is 0 Å². The number of imidazole rings is 1. The number of hydrogen-bond donors (Lipinski definition) is 0. The van der Waals surface area contributed by atoms with Crippen molar-refractivity contribution < 1.29 is 18.0 Å². The number of alkyl halides is 3. The number of halogens is 3. The summed E-state index contributed by atoms with van der Waals surface area (Å²) in [5, 5.41) is 0. The van der Waals surface area contributed by atoms with Gasteiger partial charge in [-0.05, 0) is 11.6 Å². The highest BCUT2D eigenvalue weighted by Gasteiger charge is 2.30. The van der Waals surface area contributed by atoms with Crippen LogP contribution in [0, 0.1) is 0 Å². The lowest BCUT2D eigenvalue weighted by Crippen LogP contribution is -2.11. The molecule has 1 aromatic heterocycles. The van der Waals surface area contributed by atoms with E-state index in [2.05, 4.69) is 4.98 Å². The second kappa shape index (κ2) is 4.87. The van der Waals surface area contributed by atoms with E-state index in [1.165, 1.54) is 22.9 Å². The number of aromatic nitrogens is 2. The van der Waals surface area contributed by atoms with Gasteiger partial charge in [-0.3, -0.25) is 4.79 Å². The van der Waals surface area contributed by atoms with Gasteiger partial charge in [-0.1, -0.05) is 18.2 Å². The molecule has 0 aliphatic carbocycles. The maximum atomic E-state index is 12.5. The molecule has 0 amide bonds. The topological polar surface area (TPSA) is 34.9 Å². The van der Waals surface area contributed by atoms with Gasteiger partial charge in [-0.15, -0.1) is 0 Å². The number of rotatable bonds is 3. The van der Waals surface area contributed by atoms with Crippen molar-refractivity contribution in [2.45, 2.75) is 12.6 Å². The largest absolute Gasteiger partial charge is 0.416 e. The molecule has 0 N–H and O–H groups in total. The molecule has 19 heavy (non-hydrogen) atoms. The minimum absolute atomic E-state index is 0.102. The van der Waals surface area contributed by atoms with Crippen molar-refractivity contribution in [1.29, 1.82) is 0 Å². The molecular formula is C13H11F3N2O. The van der Waals surface area contributed by atoms with Gasteiger partial charge in [-0.2, -0.15) is 13.2 Å². The van der Waals surface area contributed by atoms with Crippen LogP contribution in [0.2, 0.25) is 0 Å². The normalized spacial score (nSPS) is 11.6. The van der Waals surface area contributed by atoms with Gasteiger partial charge < -0.3 is 4.57 Å². The van der Waals surface area contributed by atoms with Crippen LogP contribution >= 0.6 is 0 Å². The Labute approximate surface area is 107 Å². The third kappa shape index (κ3) is 3.01. The van der Waals surface area contributed by atoms with E-state index in [1.807, 2.05) is 0 Å². The molecule has 0 radical (unpaired) electrons. The van der Waals surface area contributed by atoms with Crippen LogP contribution in [0.1, 0.15) is 21.7 Å². The number of Topliss-reactive ketones (excluding diaryl/α,β-unsaturated/α-hetero) is 1. The van der Waals surface area contributed by atoms with E-state index in [4.69, 9.17) is 0 Å². The fourth-order valence-corrected chi connectivity index (χ4v) is 1.76. The second-order valence-corrected chi connectivity index (χ2v) is 4.16. The van der Waals surface area contributed by atoms with Gasteiger partial charge in [0.25, 0.3) is 0 Å². The summed E-state index contributed by atoms with van der Waals surface area (Å²) in [6.45, 7) is 0. The molecule has 3 nitrogen and oxygen atoms in total. The van der Waals surface area contributed by atoms with Crippen molar-refractivity contribution in [3.05, 3.63) is 53.6 Å². The highest BCUT2D eigenvalue weighted by Crippen LogP contribution is 2.29. The summed E-state index contributed by atoms with van der Waals surface area (Å²) in [4.78, 5) is 15.8. The Kier molecular flexibility index (Phi) is 3.42. The maximum Gasteiger partial charge on any atom is 0.416 e. The highest BCUT2D eigenvalue weighted by molar-refractivity contribution is 5.94. The van der Waals surface area contributed by atoms with Crippen LogP contribution in [-0.2, 0) is 19.6 Å². The first-order valence-corrected chi connectivity index (χ1v) is 5.54. The molecule has 0 saturated heterocycles. The molecule has 0 atom stereocenters. The van der Waals surface area contributed by atoms with E-state index < -0.39 is 11.7 Å². The first-order valence-electron chi connectivity index (χ1n) is 5.54. The smallest absolute Gasteiger partial charge is 0.332 e. The lowest BCUT2D eigenvalue weighted by atomic mass is 10.1. The van der Waals surface area contributed by atoms with Gasteiger partial charge in [0, 0.05) is 25.9 Å². The Bertz CT molecular complexity index is 602. The standard InChI is InChI=1S/C13H11F3N2O/c1-18-6-5-17-12(18)11(19)8-9-3-2-4-10(7-9)13(14,15)16/h2-7H,8H2,1H3. The first kappa shape index (κ1) is 13.3. The molecule has 6 heteroatoms. The Balaban J connectivity index is 2.21. The number of aryl methyl sites for hydroxylation is 1. The fourth-order valence-electron chi connectivity index (χ4n) is 1.76. The minimum Gasteiger partial charge on any atom is -0.332 e. The zero-order chi connectivity index (χ0) is 14.0. The predicted octanol–water partition coefficient (Wildman–Crippen LogP) is 2.86.